The van der Waals surface area contributed by atoms with Crippen molar-refractivity contribution in [2.24, 2.45) is 4.36 Å². The second-order valence-electron chi connectivity index (χ2n) is 6.83. The molecule has 0 unspecified atom stereocenters. The Morgan fingerprint density at radius 3 is 2.09 bits per heavy atom. The van der Waals surface area contributed by atoms with Gasteiger partial charge in [-0.05, 0) is 45.3 Å². The summed E-state index contributed by atoms with van der Waals surface area (Å²) >= 11 is 0. The van der Waals surface area contributed by atoms with Crippen LogP contribution in [0.3, 0.4) is 0 Å². The normalized spacial score (nSPS) is 20.0. The van der Waals surface area contributed by atoms with Crippen LogP contribution in [-0.4, -0.2) is 42.2 Å². The van der Waals surface area contributed by atoms with E-state index in [1.807, 2.05) is 39.8 Å². The molecule has 122 valence electrons. The molecule has 1 aromatic carbocycles. The lowest BCUT2D eigenvalue weighted by Crippen LogP contribution is -2.41. The summed E-state index contributed by atoms with van der Waals surface area (Å²) in [7, 11) is -1.17. The Morgan fingerprint density at radius 2 is 1.64 bits per heavy atom. The monoisotopic (exact) mass is 325 g/mol. The zero-order valence-corrected chi connectivity index (χ0v) is 15.1. The third-order valence-electron chi connectivity index (χ3n) is 4.00. The standard InChI is InChI=1S/C15H24BNO4S/c1-14(2)15(3,4)21-16(20-14)11-8-12(17-22(6,7)18)10-13(9-11)19-5/h8-10H,1-7H3. The third-order valence-corrected chi connectivity index (χ3v) is 4.65. The first-order chi connectivity index (χ1) is 9.93. The second kappa shape index (κ2) is 5.55. The van der Waals surface area contributed by atoms with Crippen LogP contribution in [0.5, 0.6) is 5.75 Å². The van der Waals surface area contributed by atoms with Crippen LogP contribution in [0.25, 0.3) is 0 Å². The molecule has 1 aliphatic rings. The summed E-state index contributed by atoms with van der Waals surface area (Å²) in [6.07, 6.45) is 3.20. The average molecular weight is 325 g/mol. The number of ether oxygens (including phenoxy) is 1. The van der Waals surface area contributed by atoms with Gasteiger partial charge in [0.05, 0.1) is 24.0 Å². The van der Waals surface area contributed by atoms with Crippen molar-refractivity contribution in [2.75, 3.05) is 19.6 Å². The first-order valence-corrected chi connectivity index (χ1v) is 9.48. The summed E-state index contributed by atoms with van der Waals surface area (Å²) in [5.74, 6) is 0.634. The quantitative estimate of drug-likeness (QED) is 0.801. The van der Waals surface area contributed by atoms with E-state index in [0.29, 0.717) is 11.4 Å². The molecule has 0 spiro atoms. The van der Waals surface area contributed by atoms with Crippen LogP contribution in [0.2, 0.25) is 0 Å². The lowest BCUT2D eigenvalue weighted by Gasteiger charge is -2.32. The maximum Gasteiger partial charge on any atom is 0.495 e. The molecule has 1 aliphatic heterocycles. The fourth-order valence-electron chi connectivity index (χ4n) is 2.15. The van der Waals surface area contributed by atoms with Gasteiger partial charge in [-0.3, -0.25) is 0 Å². The maximum atomic E-state index is 11.9. The highest BCUT2D eigenvalue weighted by atomic mass is 32.2. The van der Waals surface area contributed by atoms with E-state index in [1.54, 1.807) is 25.7 Å². The van der Waals surface area contributed by atoms with Crippen LogP contribution in [-0.2, 0) is 19.0 Å². The van der Waals surface area contributed by atoms with Crippen LogP contribution in [0.15, 0.2) is 22.6 Å². The molecular formula is C15H24BNO4S. The van der Waals surface area contributed by atoms with Crippen molar-refractivity contribution in [2.45, 2.75) is 38.9 Å². The zero-order chi connectivity index (χ0) is 16.8. The van der Waals surface area contributed by atoms with Gasteiger partial charge >= 0.3 is 7.12 Å². The van der Waals surface area contributed by atoms with E-state index >= 15 is 0 Å². The summed E-state index contributed by atoms with van der Waals surface area (Å²) in [6.45, 7) is 8.01. The molecule has 0 aliphatic carbocycles. The molecule has 22 heavy (non-hydrogen) atoms. The summed E-state index contributed by atoms with van der Waals surface area (Å²) < 4.78 is 33.6. The minimum absolute atomic E-state index is 0.416. The molecule has 0 aromatic heterocycles. The van der Waals surface area contributed by atoms with Gasteiger partial charge in [-0.2, -0.15) is 4.36 Å². The van der Waals surface area contributed by atoms with Gasteiger partial charge in [0.2, 0.25) is 0 Å². The molecular weight excluding hydrogens is 301 g/mol. The Bertz CT molecular complexity index is 669. The Morgan fingerprint density at radius 1 is 1.09 bits per heavy atom. The zero-order valence-electron chi connectivity index (χ0n) is 14.3. The summed E-state index contributed by atoms with van der Waals surface area (Å²) in [6, 6.07) is 5.44. The van der Waals surface area contributed by atoms with E-state index in [9.17, 15) is 4.21 Å². The van der Waals surface area contributed by atoms with E-state index < -0.39 is 28.0 Å². The van der Waals surface area contributed by atoms with Crippen molar-refractivity contribution in [1.29, 1.82) is 0 Å². The molecule has 0 amide bonds. The Labute approximate surface area is 133 Å². The van der Waals surface area contributed by atoms with Gasteiger partial charge in [0, 0.05) is 28.3 Å². The van der Waals surface area contributed by atoms with Crippen LogP contribution < -0.4 is 10.2 Å². The van der Waals surface area contributed by atoms with E-state index in [4.69, 9.17) is 14.0 Å². The smallest absolute Gasteiger partial charge is 0.495 e. The fourth-order valence-corrected chi connectivity index (χ4v) is 2.76. The first kappa shape index (κ1) is 17.3. The molecule has 1 fully saturated rings. The lowest BCUT2D eigenvalue weighted by atomic mass is 9.79. The number of nitrogens with zero attached hydrogens (tertiary/aromatic N) is 1. The predicted octanol–water partition coefficient (Wildman–Crippen LogP) is 2.35. The van der Waals surface area contributed by atoms with E-state index in [1.165, 1.54) is 0 Å². The van der Waals surface area contributed by atoms with Crippen molar-refractivity contribution in [3.05, 3.63) is 18.2 Å². The maximum absolute atomic E-state index is 11.9. The van der Waals surface area contributed by atoms with Gasteiger partial charge in [-0.1, -0.05) is 0 Å². The molecule has 7 heteroatoms. The predicted molar refractivity (Wildman–Crippen MR) is 90.8 cm³/mol. The van der Waals surface area contributed by atoms with Crippen LogP contribution in [0, 0.1) is 0 Å². The molecule has 5 nitrogen and oxygen atoms in total. The molecule has 1 aromatic rings. The van der Waals surface area contributed by atoms with Crippen LogP contribution in [0.4, 0.5) is 5.69 Å². The summed E-state index contributed by atoms with van der Waals surface area (Å²) in [5, 5.41) is 0. The van der Waals surface area contributed by atoms with Crippen molar-refractivity contribution in [1.82, 2.24) is 0 Å². The molecule has 0 bridgehead atoms. The van der Waals surface area contributed by atoms with Crippen molar-refractivity contribution >= 4 is 28.0 Å². The molecule has 2 rings (SSSR count). The van der Waals surface area contributed by atoms with Crippen LogP contribution >= 0.6 is 0 Å². The van der Waals surface area contributed by atoms with E-state index in [0.717, 1.165) is 5.46 Å². The van der Waals surface area contributed by atoms with Crippen LogP contribution in [0.1, 0.15) is 27.7 Å². The number of rotatable bonds is 3. The van der Waals surface area contributed by atoms with Gasteiger partial charge in [-0.25, -0.2) is 4.21 Å². The highest BCUT2D eigenvalue weighted by Crippen LogP contribution is 2.37. The minimum Gasteiger partial charge on any atom is -0.497 e. The van der Waals surface area contributed by atoms with E-state index in [2.05, 4.69) is 4.36 Å². The summed E-state index contributed by atoms with van der Waals surface area (Å²) in [5.41, 5.74) is 0.571. The Balaban J connectivity index is 2.45. The SMILES string of the molecule is COc1cc(N=S(C)(C)=O)cc(B2OC(C)(C)C(C)(C)O2)c1. The molecule has 1 saturated heterocycles. The second-order valence-corrected chi connectivity index (χ2v) is 9.37. The minimum atomic E-state index is -2.25. The van der Waals surface area contributed by atoms with Gasteiger partial charge in [0.15, 0.2) is 0 Å². The Kier molecular flexibility index (Phi) is 4.36. The molecule has 0 radical (unpaired) electrons. The number of benzene rings is 1. The largest absolute Gasteiger partial charge is 0.497 e. The topological polar surface area (TPSA) is 57.1 Å². The number of hydrogen-bond donors (Lipinski definition) is 0. The molecule has 0 atom stereocenters. The van der Waals surface area contributed by atoms with Gasteiger partial charge in [0.1, 0.15) is 5.75 Å². The van der Waals surface area contributed by atoms with Crippen molar-refractivity contribution < 1.29 is 18.3 Å². The lowest BCUT2D eigenvalue weighted by molar-refractivity contribution is 0.00578. The van der Waals surface area contributed by atoms with Crippen molar-refractivity contribution in [3.8, 4) is 5.75 Å². The molecule has 0 N–H and O–H groups in total. The highest BCUT2D eigenvalue weighted by molar-refractivity contribution is 7.92. The number of hydrogen-bond acceptors (Lipinski definition) is 5. The fraction of sp³-hybridized carbons (Fsp3) is 0.600. The first-order valence-electron chi connectivity index (χ1n) is 7.15. The van der Waals surface area contributed by atoms with Crippen molar-refractivity contribution in [3.63, 3.8) is 0 Å². The summed E-state index contributed by atoms with van der Waals surface area (Å²) in [4.78, 5) is 0. The average Bonchev–Trinajstić information content (AvgIpc) is 2.56. The van der Waals surface area contributed by atoms with Gasteiger partial charge in [-0.15, -0.1) is 0 Å². The number of methoxy groups -OCH3 is 1. The highest BCUT2D eigenvalue weighted by Gasteiger charge is 2.51. The van der Waals surface area contributed by atoms with Gasteiger partial charge < -0.3 is 14.0 Å². The van der Waals surface area contributed by atoms with Gasteiger partial charge in [0.25, 0.3) is 0 Å². The molecule has 1 heterocycles. The van der Waals surface area contributed by atoms with E-state index in [-0.39, 0.29) is 0 Å². The molecule has 0 saturated carbocycles. The Hall–Kier alpha value is -1.05. The third kappa shape index (κ3) is 3.64.